The lowest BCUT2D eigenvalue weighted by Crippen LogP contribution is -2.44. The van der Waals surface area contributed by atoms with Crippen LogP contribution in [0, 0.1) is 11.2 Å². The van der Waals surface area contributed by atoms with Crippen LogP contribution in [0.1, 0.15) is 29.6 Å². The van der Waals surface area contributed by atoms with Gasteiger partial charge in [-0.05, 0) is 43.9 Å². The van der Waals surface area contributed by atoms with Crippen molar-refractivity contribution in [1.29, 1.82) is 0 Å². The summed E-state index contributed by atoms with van der Waals surface area (Å²) < 4.78 is 18.9. The van der Waals surface area contributed by atoms with Gasteiger partial charge in [-0.25, -0.2) is 4.39 Å². The fraction of sp³-hybridized carbons (Fsp3) is 0.556. The summed E-state index contributed by atoms with van der Waals surface area (Å²) in [6.45, 7) is 1.81. The van der Waals surface area contributed by atoms with Gasteiger partial charge >= 0.3 is 5.97 Å². The molecule has 1 N–H and O–H groups in total. The van der Waals surface area contributed by atoms with Crippen LogP contribution in [0.2, 0.25) is 0 Å². The van der Waals surface area contributed by atoms with Crippen molar-refractivity contribution in [1.82, 2.24) is 9.80 Å². The van der Waals surface area contributed by atoms with Crippen molar-refractivity contribution >= 4 is 11.9 Å². The minimum Gasteiger partial charge on any atom is -0.493 e. The molecule has 2 heterocycles. The van der Waals surface area contributed by atoms with E-state index in [1.807, 2.05) is 11.9 Å². The van der Waals surface area contributed by atoms with Crippen LogP contribution < -0.4 is 4.74 Å². The minimum absolute atomic E-state index is 0.0284. The maximum atomic E-state index is 13.8. The number of ether oxygens (including phenoxy) is 1. The molecule has 0 bridgehead atoms. The number of halogens is 1. The number of benzene rings is 1. The molecule has 2 aliphatic heterocycles. The third kappa shape index (κ3) is 3.20. The van der Waals surface area contributed by atoms with Crippen LogP contribution in [0.25, 0.3) is 0 Å². The molecule has 1 atom stereocenters. The molecule has 1 aromatic carbocycles. The van der Waals surface area contributed by atoms with Gasteiger partial charge in [0.1, 0.15) is 6.04 Å². The standard InChI is InChI=1S/C18H23FN2O4/c1-20-11-18(10-14(20)17(23)24)6-8-21(9-7-18)16(22)12-4-3-5-13(19)15(12)25-2/h3-5,14H,6-11H2,1-2H3,(H,23,24)/t14-/m1/s1. The van der Waals surface area contributed by atoms with E-state index in [1.165, 1.54) is 19.2 Å². The number of carbonyl (C=O) groups excluding carboxylic acids is 1. The van der Waals surface area contributed by atoms with E-state index < -0.39 is 17.8 Å². The topological polar surface area (TPSA) is 70.1 Å². The van der Waals surface area contributed by atoms with Crippen molar-refractivity contribution in [3.05, 3.63) is 29.6 Å². The van der Waals surface area contributed by atoms with Gasteiger partial charge in [0, 0.05) is 19.6 Å². The largest absolute Gasteiger partial charge is 0.493 e. The van der Waals surface area contributed by atoms with Crippen molar-refractivity contribution in [3.63, 3.8) is 0 Å². The molecular formula is C18H23FN2O4. The average molecular weight is 350 g/mol. The number of hydrogen-bond acceptors (Lipinski definition) is 4. The lowest BCUT2D eigenvalue weighted by Gasteiger charge is -2.39. The van der Waals surface area contributed by atoms with Crippen molar-refractivity contribution < 1.29 is 23.8 Å². The number of piperidine rings is 1. The van der Waals surface area contributed by atoms with Gasteiger partial charge in [0.05, 0.1) is 12.7 Å². The molecule has 1 spiro atoms. The zero-order valence-electron chi connectivity index (χ0n) is 14.5. The molecule has 1 aromatic rings. The summed E-state index contributed by atoms with van der Waals surface area (Å²) in [6.07, 6.45) is 2.12. The van der Waals surface area contributed by atoms with E-state index in [9.17, 15) is 19.1 Å². The van der Waals surface area contributed by atoms with Crippen molar-refractivity contribution in [3.8, 4) is 5.75 Å². The molecule has 6 nitrogen and oxygen atoms in total. The molecule has 7 heteroatoms. The minimum atomic E-state index is -0.789. The monoisotopic (exact) mass is 350 g/mol. The van der Waals surface area contributed by atoms with Gasteiger partial charge in [-0.3, -0.25) is 14.5 Å². The fourth-order valence-electron chi connectivity index (χ4n) is 4.15. The number of likely N-dealkylation sites (N-methyl/N-ethyl adjacent to an activating group) is 1. The molecule has 0 aliphatic carbocycles. The van der Waals surface area contributed by atoms with Crippen LogP contribution in [-0.2, 0) is 4.79 Å². The molecule has 0 saturated carbocycles. The Bertz CT molecular complexity index is 686. The Hall–Kier alpha value is -2.15. The normalized spacial score (nSPS) is 23.0. The number of likely N-dealkylation sites (tertiary alicyclic amines) is 2. The summed E-state index contributed by atoms with van der Waals surface area (Å²) in [7, 11) is 3.18. The Kier molecular flexibility index (Phi) is 4.69. The van der Waals surface area contributed by atoms with Crippen LogP contribution in [-0.4, -0.2) is 66.6 Å². The molecule has 0 aromatic heterocycles. The number of hydrogen-bond donors (Lipinski definition) is 1. The van der Waals surface area contributed by atoms with Gasteiger partial charge in [0.25, 0.3) is 5.91 Å². The van der Waals surface area contributed by atoms with Gasteiger partial charge < -0.3 is 14.7 Å². The molecule has 2 fully saturated rings. The van der Waals surface area contributed by atoms with Gasteiger partial charge in [-0.15, -0.1) is 0 Å². The SMILES string of the molecule is COc1c(F)cccc1C(=O)N1CCC2(CC1)C[C@H](C(=O)O)N(C)C2. The Labute approximate surface area is 146 Å². The molecule has 136 valence electrons. The number of para-hydroxylation sites is 1. The number of rotatable bonds is 3. The molecule has 0 unspecified atom stereocenters. The Morgan fingerprint density at radius 1 is 1.32 bits per heavy atom. The highest BCUT2D eigenvalue weighted by atomic mass is 19.1. The highest BCUT2D eigenvalue weighted by molar-refractivity contribution is 5.97. The van der Waals surface area contributed by atoms with Gasteiger partial charge in [0.2, 0.25) is 0 Å². The third-order valence-electron chi connectivity index (χ3n) is 5.54. The summed E-state index contributed by atoms with van der Waals surface area (Å²) in [4.78, 5) is 27.7. The van der Waals surface area contributed by atoms with Gasteiger partial charge in [-0.1, -0.05) is 6.07 Å². The number of carboxylic acids is 1. The molecule has 2 aliphatic rings. The molecule has 25 heavy (non-hydrogen) atoms. The summed E-state index contributed by atoms with van der Waals surface area (Å²) in [5, 5.41) is 9.31. The van der Waals surface area contributed by atoms with Crippen LogP contribution >= 0.6 is 0 Å². The Balaban J connectivity index is 1.70. The van der Waals surface area contributed by atoms with E-state index in [0.29, 0.717) is 19.5 Å². The predicted octanol–water partition coefficient (Wildman–Crippen LogP) is 1.85. The van der Waals surface area contributed by atoms with E-state index in [2.05, 4.69) is 0 Å². The number of carboxylic acid groups (broad SMARTS) is 1. The van der Waals surface area contributed by atoms with Crippen molar-refractivity contribution in [2.75, 3.05) is 33.8 Å². The average Bonchev–Trinajstić information content (AvgIpc) is 2.91. The molecule has 0 radical (unpaired) electrons. The smallest absolute Gasteiger partial charge is 0.320 e. The van der Waals surface area contributed by atoms with E-state index in [4.69, 9.17) is 4.74 Å². The molecular weight excluding hydrogens is 327 g/mol. The molecule has 3 rings (SSSR count). The maximum Gasteiger partial charge on any atom is 0.320 e. The predicted molar refractivity (Wildman–Crippen MR) is 89.2 cm³/mol. The van der Waals surface area contributed by atoms with E-state index in [-0.39, 0.29) is 22.6 Å². The summed E-state index contributed by atoms with van der Waals surface area (Å²) >= 11 is 0. The highest BCUT2D eigenvalue weighted by Gasteiger charge is 2.47. The van der Waals surface area contributed by atoms with Crippen molar-refractivity contribution in [2.24, 2.45) is 5.41 Å². The first-order valence-electron chi connectivity index (χ1n) is 8.42. The molecule has 2 saturated heterocycles. The third-order valence-corrected chi connectivity index (χ3v) is 5.54. The lowest BCUT2D eigenvalue weighted by atomic mass is 9.76. The van der Waals surface area contributed by atoms with Crippen molar-refractivity contribution in [2.45, 2.75) is 25.3 Å². The van der Waals surface area contributed by atoms with Gasteiger partial charge in [-0.2, -0.15) is 0 Å². The van der Waals surface area contributed by atoms with E-state index >= 15 is 0 Å². The second-order valence-electron chi connectivity index (χ2n) is 7.09. The second-order valence-corrected chi connectivity index (χ2v) is 7.09. The fourth-order valence-corrected chi connectivity index (χ4v) is 4.15. The first-order chi connectivity index (χ1) is 11.9. The number of amides is 1. The lowest BCUT2D eigenvalue weighted by molar-refractivity contribution is -0.141. The number of nitrogens with zero attached hydrogens (tertiary/aromatic N) is 2. The summed E-state index contributed by atoms with van der Waals surface area (Å²) in [6, 6.07) is 3.88. The van der Waals surface area contributed by atoms with Gasteiger partial charge in [0.15, 0.2) is 11.6 Å². The first kappa shape index (κ1) is 17.7. The van der Waals surface area contributed by atoms with E-state index in [0.717, 1.165) is 19.4 Å². The number of aliphatic carboxylic acids is 1. The van der Waals surface area contributed by atoms with Crippen LogP contribution in [0.5, 0.6) is 5.75 Å². The molecule has 1 amide bonds. The zero-order valence-corrected chi connectivity index (χ0v) is 14.5. The van der Waals surface area contributed by atoms with Crippen LogP contribution in [0.4, 0.5) is 4.39 Å². The summed E-state index contributed by atoms with van der Waals surface area (Å²) in [5.41, 5.74) is 0.172. The quantitative estimate of drug-likeness (QED) is 0.901. The first-order valence-corrected chi connectivity index (χ1v) is 8.42. The Morgan fingerprint density at radius 3 is 2.56 bits per heavy atom. The second kappa shape index (κ2) is 6.63. The summed E-state index contributed by atoms with van der Waals surface area (Å²) in [5.74, 6) is -1.61. The number of carbonyl (C=O) groups is 2. The van der Waals surface area contributed by atoms with E-state index in [1.54, 1.807) is 11.0 Å². The van der Waals surface area contributed by atoms with Crippen LogP contribution in [0.15, 0.2) is 18.2 Å². The highest BCUT2D eigenvalue weighted by Crippen LogP contribution is 2.43. The maximum absolute atomic E-state index is 13.8. The number of methoxy groups -OCH3 is 1. The zero-order chi connectivity index (χ0) is 18.2. The van der Waals surface area contributed by atoms with Crippen LogP contribution in [0.3, 0.4) is 0 Å². The Morgan fingerprint density at radius 2 is 2.00 bits per heavy atom.